The second-order valence-corrected chi connectivity index (χ2v) is 5.50. The Labute approximate surface area is 122 Å². The van der Waals surface area contributed by atoms with Crippen molar-refractivity contribution in [3.63, 3.8) is 0 Å². The lowest BCUT2D eigenvalue weighted by molar-refractivity contribution is 0.777. The molecule has 3 nitrogen and oxygen atoms in total. The molecule has 1 aromatic carbocycles. The highest BCUT2D eigenvalue weighted by Gasteiger charge is 2.13. The summed E-state index contributed by atoms with van der Waals surface area (Å²) in [7, 11) is 0. The van der Waals surface area contributed by atoms with Crippen LogP contribution in [0.5, 0.6) is 0 Å². The van der Waals surface area contributed by atoms with Gasteiger partial charge in [-0.25, -0.2) is 0 Å². The molecule has 0 saturated carbocycles. The largest absolute Gasteiger partial charge is 0.376 e. The zero-order valence-electron chi connectivity index (χ0n) is 11.2. The minimum Gasteiger partial charge on any atom is -0.376 e. The zero-order valence-corrected chi connectivity index (χ0v) is 12.7. The Morgan fingerprint density at radius 1 is 1.32 bits per heavy atom. The number of hydrogen-bond donors (Lipinski definition) is 2. The number of benzene rings is 1. The molecule has 2 rings (SSSR count). The fraction of sp³-hybridized carbons (Fsp3) is 0.267. The van der Waals surface area contributed by atoms with E-state index in [4.69, 9.17) is 5.73 Å². The SMILES string of the molecule is Cc1ccc(Br)c(NC(CN)c2cnccc2C)c1. The van der Waals surface area contributed by atoms with Gasteiger partial charge < -0.3 is 11.1 Å². The quantitative estimate of drug-likeness (QED) is 0.905. The van der Waals surface area contributed by atoms with Crippen LogP contribution >= 0.6 is 15.9 Å². The minimum absolute atomic E-state index is 0.0619. The standard InChI is InChI=1S/C15H18BrN3/c1-10-3-4-13(16)14(7-10)19-15(8-17)12-9-18-6-5-11(12)2/h3-7,9,15,19H,8,17H2,1-2H3. The van der Waals surface area contributed by atoms with Crippen molar-refractivity contribution in [1.82, 2.24) is 4.98 Å². The number of nitrogens with one attached hydrogen (secondary N) is 1. The first-order chi connectivity index (χ1) is 9.11. The van der Waals surface area contributed by atoms with Gasteiger partial charge in [0, 0.05) is 29.1 Å². The highest BCUT2D eigenvalue weighted by atomic mass is 79.9. The number of nitrogens with zero attached hydrogens (tertiary/aromatic N) is 1. The van der Waals surface area contributed by atoms with E-state index in [0.717, 1.165) is 15.7 Å². The number of hydrogen-bond acceptors (Lipinski definition) is 3. The van der Waals surface area contributed by atoms with Gasteiger partial charge in [-0.2, -0.15) is 0 Å². The summed E-state index contributed by atoms with van der Waals surface area (Å²) in [5.41, 5.74) is 10.5. The molecule has 2 aromatic rings. The Kier molecular flexibility index (Phi) is 4.56. The molecule has 0 fully saturated rings. The summed E-state index contributed by atoms with van der Waals surface area (Å²) in [5.74, 6) is 0. The van der Waals surface area contributed by atoms with Crippen molar-refractivity contribution in [3.8, 4) is 0 Å². The van der Waals surface area contributed by atoms with Crippen molar-refractivity contribution in [3.05, 3.63) is 57.8 Å². The van der Waals surface area contributed by atoms with Gasteiger partial charge in [0.1, 0.15) is 0 Å². The van der Waals surface area contributed by atoms with Crippen molar-refractivity contribution < 1.29 is 0 Å². The van der Waals surface area contributed by atoms with Crippen LogP contribution in [0.4, 0.5) is 5.69 Å². The first-order valence-electron chi connectivity index (χ1n) is 6.25. The third kappa shape index (κ3) is 3.33. The summed E-state index contributed by atoms with van der Waals surface area (Å²) in [5, 5.41) is 3.48. The van der Waals surface area contributed by atoms with Gasteiger partial charge in [0.05, 0.1) is 6.04 Å². The maximum absolute atomic E-state index is 5.90. The van der Waals surface area contributed by atoms with Crippen LogP contribution in [0.25, 0.3) is 0 Å². The molecular formula is C15H18BrN3. The average molecular weight is 320 g/mol. The van der Waals surface area contributed by atoms with Crippen LogP contribution in [0, 0.1) is 13.8 Å². The Hall–Kier alpha value is -1.39. The second kappa shape index (κ2) is 6.17. The molecule has 100 valence electrons. The van der Waals surface area contributed by atoms with Crippen LogP contribution in [-0.4, -0.2) is 11.5 Å². The van der Waals surface area contributed by atoms with E-state index >= 15 is 0 Å². The fourth-order valence-corrected chi connectivity index (χ4v) is 2.40. The van der Waals surface area contributed by atoms with Gasteiger partial charge in [-0.15, -0.1) is 0 Å². The first kappa shape index (κ1) is 14.0. The zero-order chi connectivity index (χ0) is 13.8. The number of halogens is 1. The number of anilines is 1. The summed E-state index contributed by atoms with van der Waals surface area (Å²) < 4.78 is 1.04. The van der Waals surface area contributed by atoms with Crippen LogP contribution in [0.1, 0.15) is 22.7 Å². The average Bonchev–Trinajstić information content (AvgIpc) is 2.41. The van der Waals surface area contributed by atoms with E-state index in [1.165, 1.54) is 11.1 Å². The van der Waals surface area contributed by atoms with Crippen LogP contribution in [0.15, 0.2) is 41.1 Å². The summed E-state index contributed by atoms with van der Waals surface area (Å²) in [6.45, 7) is 4.67. The molecule has 0 saturated heterocycles. The number of aryl methyl sites for hydroxylation is 2. The Morgan fingerprint density at radius 2 is 2.11 bits per heavy atom. The fourth-order valence-electron chi connectivity index (χ4n) is 2.04. The van der Waals surface area contributed by atoms with Gasteiger partial charge >= 0.3 is 0 Å². The van der Waals surface area contributed by atoms with Gasteiger partial charge in [0.15, 0.2) is 0 Å². The number of aromatic nitrogens is 1. The number of nitrogens with two attached hydrogens (primary N) is 1. The normalized spacial score (nSPS) is 12.2. The highest BCUT2D eigenvalue weighted by Crippen LogP contribution is 2.28. The molecule has 0 aliphatic rings. The molecule has 0 radical (unpaired) electrons. The molecular weight excluding hydrogens is 302 g/mol. The van der Waals surface area contributed by atoms with Gasteiger partial charge in [0.25, 0.3) is 0 Å². The van der Waals surface area contributed by atoms with Crippen molar-refractivity contribution in [2.45, 2.75) is 19.9 Å². The lowest BCUT2D eigenvalue weighted by Crippen LogP contribution is -2.21. The molecule has 0 spiro atoms. The molecule has 1 unspecified atom stereocenters. The molecule has 1 atom stereocenters. The summed E-state index contributed by atoms with van der Waals surface area (Å²) in [6, 6.07) is 8.29. The van der Waals surface area contributed by atoms with Gasteiger partial charge in [0.2, 0.25) is 0 Å². The van der Waals surface area contributed by atoms with Crippen molar-refractivity contribution in [2.75, 3.05) is 11.9 Å². The predicted molar refractivity (Wildman–Crippen MR) is 83.3 cm³/mol. The second-order valence-electron chi connectivity index (χ2n) is 4.65. The first-order valence-corrected chi connectivity index (χ1v) is 7.04. The van der Waals surface area contributed by atoms with Crippen molar-refractivity contribution in [1.29, 1.82) is 0 Å². The monoisotopic (exact) mass is 319 g/mol. The van der Waals surface area contributed by atoms with Crippen LogP contribution in [-0.2, 0) is 0 Å². The van der Waals surface area contributed by atoms with E-state index in [-0.39, 0.29) is 6.04 Å². The number of pyridine rings is 1. The van der Waals surface area contributed by atoms with Crippen LogP contribution in [0.3, 0.4) is 0 Å². The van der Waals surface area contributed by atoms with E-state index in [1.54, 1.807) is 6.20 Å². The molecule has 19 heavy (non-hydrogen) atoms. The van der Waals surface area contributed by atoms with E-state index < -0.39 is 0 Å². The molecule has 0 aliphatic carbocycles. The van der Waals surface area contributed by atoms with Gasteiger partial charge in [-0.05, 0) is 64.7 Å². The maximum Gasteiger partial charge on any atom is 0.0654 e. The van der Waals surface area contributed by atoms with Crippen molar-refractivity contribution in [2.24, 2.45) is 5.73 Å². The third-order valence-corrected chi connectivity index (χ3v) is 3.83. The molecule has 1 heterocycles. The van der Waals surface area contributed by atoms with Crippen molar-refractivity contribution >= 4 is 21.6 Å². The minimum atomic E-state index is 0.0619. The van der Waals surface area contributed by atoms with Crippen LogP contribution < -0.4 is 11.1 Å². The van der Waals surface area contributed by atoms with E-state index in [1.807, 2.05) is 18.3 Å². The summed E-state index contributed by atoms with van der Waals surface area (Å²) in [4.78, 5) is 4.19. The summed E-state index contributed by atoms with van der Waals surface area (Å²) >= 11 is 3.56. The molecule has 0 aliphatic heterocycles. The van der Waals surface area contributed by atoms with Crippen LogP contribution in [0.2, 0.25) is 0 Å². The van der Waals surface area contributed by atoms with E-state index in [0.29, 0.717) is 6.54 Å². The Bertz CT molecular complexity index is 569. The molecule has 3 N–H and O–H groups in total. The summed E-state index contributed by atoms with van der Waals surface area (Å²) in [6.07, 6.45) is 3.68. The third-order valence-electron chi connectivity index (χ3n) is 3.14. The van der Waals surface area contributed by atoms with E-state index in [9.17, 15) is 0 Å². The molecule has 0 bridgehead atoms. The van der Waals surface area contributed by atoms with Gasteiger partial charge in [-0.3, -0.25) is 4.98 Å². The van der Waals surface area contributed by atoms with Gasteiger partial charge in [-0.1, -0.05) is 6.07 Å². The van der Waals surface area contributed by atoms with E-state index in [2.05, 4.69) is 52.2 Å². The topological polar surface area (TPSA) is 50.9 Å². The lowest BCUT2D eigenvalue weighted by Gasteiger charge is -2.21. The molecule has 1 aromatic heterocycles. The Balaban J connectivity index is 2.29. The lowest BCUT2D eigenvalue weighted by atomic mass is 10.0. The predicted octanol–water partition coefficient (Wildman–Crippen LogP) is 3.57. The Morgan fingerprint density at radius 3 is 2.79 bits per heavy atom. The molecule has 4 heteroatoms. The smallest absolute Gasteiger partial charge is 0.0654 e. The number of rotatable bonds is 4. The highest BCUT2D eigenvalue weighted by molar-refractivity contribution is 9.10. The molecule has 0 amide bonds. The maximum atomic E-state index is 5.90.